The summed E-state index contributed by atoms with van der Waals surface area (Å²) in [5.74, 6) is 0. The predicted octanol–water partition coefficient (Wildman–Crippen LogP) is 4.30. The molecule has 0 atom stereocenters. The molecule has 0 heterocycles. The van der Waals surface area contributed by atoms with Crippen molar-refractivity contribution in [1.29, 1.82) is 0 Å². The molecule has 0 aromatic heterocycles. The van der Waals surface area contributed by atoms with Gasteiger partial charge in [0.1, 0.15) is 0 Å². The minimum absolute atomic E-state index is 0.0808. The summed E-state index contributed by atoms with van der Waals surface area (Å²) in [7, 11) is -3.87. The second-order valence-electron chi connectivity index (χ2n) is 3.67. The Balaban J connectivity index is 2.74. The summed E-state index contributed by atoms with van der Waals surface area (Å²) in [6, 6.07) is 4.80. The lowest BCUT2D eigenvalue weighted by molar-refractivity contribution is 0.207. The van der Waals surface area contributed by atoms with E-state index < -0.39 is 13.2 Å². The first-order valence-corrected chi connectivity index (χ1v) is 8.40. The van der Waals surface area contributed by atoms with Crippen molar-refractivity contribution in [3.05, 3.63) is 33.8 Å². The van der Waals surface area contributed by atoms with Gasteiger partial charge < -0.3 is 9.05 Å². The van der Waals surface area contributed by atoms with Crippen molar-refractivity contribution in [2.75, 3.05) is 13.2 Å². The number of carbonyl (C=O) groups excluding carboxylic acids is 1. The molecule has 1 aromatic carbocycles. The van der Waals surface area contributed by atoms with Crippen LogP contribution >= 0.6 is 30.8 Å². The second-order valence-corrected chi connectivity index (χ2v) is 6.44. The van der Waals surface area contributed by atoms with Gasteiger partial charge in [0, 0.05) is 10.6 Å². The van der Waals surface area contributed by atoms with Gasteiger partial charge in [-0.2, -0.15) is 5.10 Å². The lowest BCUT2D eigenvalue weighted by atomic mass is 10.2. The highest BCUT2D eigenvalue weighted by Gasteiger charge is 2.34. The van der Waals surface area contributed by atoms with Gasteiger partial charge in [0.25, 0.3) is 0 Å². The van der Waals surface area contributed by atoms with Gasteiger partial charge in [0.05, 0.1) is 24.5 Å². The van der Waals surface area contributed by atoms with Crippen LogP contribution < -0.4 is 5.43 Å². The molecule has 0 bridgehead atoms. The van der Waals surface area contributed by atoms with Crippen LogP contribution in [0.5, 0.6) is 0 Å². The summed E-state index contributed by atoms with van der Waals surface area (Å²) in [6.45, 7) is 3.38. The van der Waals surface area contributed by atoms with Crippen molar-refractivity contribution < 1.29 is 18.4 Å². The van der Waals surface area contributed by atoms with E-state index in [1.165, 1.54) is 12.3 Å². The van der Waals surface area contributed by atoms with Crippen LogP contribution in [0.25, 0.3) is 0 Å². The third kappa shape index (κ3) is 5.41. The number of hydrazone groups is 1. The summed E-state index contributed by atoms with van der Waals surface area (Å²) < 4.78 is 21.8. The highest BCUT2D eigenvalue weighted by atomic mass is 35.5. The molecular formula is C12H15Cl2N2O4P. The van der Waals surface area contributed by atoms with Gasteiger partial charge in [-0.15, -0.1) is 0 Å². The maximum absolute atomic E-state index is 12.1. The first kappa shape index (κ1) is 18.1. The minimum atomic E-state index is -3.87. The van der Waals surface area contributed by atoms with Crippen molar-refractivity contribution in [2.45, 2.75) is 13.8 Å². The number of rotatable bonds is 7. The summed E-state index contributed by atoms with van der Waals surface area (Å²) in [5, 5.41) is 4.54. The van der Waals surface area contributed by atoms with Gasteiger partial charge in [-0.05, 0) is 26.0 Å². The van der Waals surface area contributed by atoms with Crippen LogP contribution in [-0.4, -0.2) is 25.1 Å². The van der Waals surface area contributed by atoms with Crippen molar-refractivity contribution in [3.63, 3.8) is 0 Å². The lowest BCUT2D eigenvalue weighted by Gasteiger charge is -2.14. The van der Waals surface area contributed by atoms with E-state index >= 15 is 0 Å². The molecule has 0 fully saturated rings. The largest absolute Gasteiger partial charge is 0.420 e. The second kappa shape index (κ2) is 8.51. The summed E-state index contributed by atoms with van der Waals surface area (Å²) in [4.78, 5) is 11.8. The molecule has 1 rings (SSSR count). The minimum Gasteiger partial charge on any atom is -0.302 e. The number of hydrogen-bond acceptors (Lipinski definition) is 5. The Labute approximate surface area is 132 Å². The van der Waals surface area contributed by atoms with Crippen molar-refractivity contribution >= 4 is 42.7 Å². The zero-order valence-electron chi connectivity index (χ0n) is 11.5. The van der Waals surface area contributed by atoms with Crippen LogP contribution in [0.15, 0.2) is 23.3 Å². The predicted molar refractivity (Wildman–Crippen MR) is 83.4 cm³/mol. The van der Waals surface area contributed by atoms with Crippen molar-refractivity contribution in [1.82, 2.24) is 5.43 Å². The van der Waals surface area contributed by atoms with Crippen molar-refractivity contribution in [3.8, 4) is 0 Å². The first-order valence-electron chi connectivity index (χ1n) is 6.10. The molecule has 1 N–H and O–H groups in total. The van der Waals surface area contributed by atoms with Gasteiger partial charge in [-0.1, -0.05) is 29.3 Å². The maximum Gasteiger partial charge on any atom is 0.420 e. The molecule has 0 aliphatic rings. The third-order valence-corrected chi connectivity index (χ3v) is 4.53. The summed E-state index contributed by atoms with van der Waals surface area (Å²) in [5.41, 5.74) is 1.72. The fraction of sp³-hybridized carbons (Fsp3) is 0.333. The van der Waals surface area contributed by atoms with Gasteiger partial charge >= 0.3 is 13.2 Å². The van der Waals surface area contributed by atoms with E-state index in [2.05, 4.69) is 10.5 Å². The topological polar surface area (TPSA) is 77.0 Å². The molecule has 9 heteroatoms. The standard InChI is InChI=1S/C12H15Cl2N2O4P/c1-3-19-21(18,20-4-2)12(17)16-15-8-9-5-6-10(13)7-11(9)14/h5-8H,3-4H2,1-2H3,(H,16,17)/b15-8+. The van der Waals surface area contributed by atoms with Crippen LogP contribution in [-0.2, 0) is 13.6 Å². The third-order valence-electron chi connectivity index (χ3n) is 2.17. The van der Waals surface area contributed by atoms with Gasteiger partial charge in [0.15, 0.2) is 0 Å². The average molecular weight is 353 g/mol. The van der Waals surface area contributed by atoms with Crippen LogP contribution in [0.3, 0.4) is 0 Å². The molecule has 1 aromatic rings. The fourth-order valence-corrected chi connectivity index (χ4v) is 2.95. The van der Waals surface area contributed by atoms with E-state index in [1.54, 1.807) is 26.0 Å². The van der Waals surface area contributed by atoms with E-state index in [1.807, 2.05) is 0 Å². The number of nitrogens with one attached hydrogen (secondary N) is 1. The van der Waals surface area contributed by atoms with E-state index in [4.69, 9.17) is 32.2 Å². The fourth-order valence-electron chi connectivity index (χ4n) is 1.32. The van der Waals surface area contributed by atoms with Gasteiger partial charge in [0.2, 0.25) is 0 Å². The number of amides is 1. The lowest BCUT2D eigenvalue weighted by Crippen LogP contribution is -2.18. The molecule has 0 radical (unpaired) electrons. The Morgan fingerprint density at radius 2 is 1.95 bits per heavy atom. The maximum atomic E-state index is 12.1. The van der Waals surface area contributed by atoms with Crippen LogP contribution in [0.4, 0.5) is 4.79 Å². The van der Waals surface area contributed by atoms with E-state index in [9.17, 15) is 9.36 Å². The highest BCUT2D eigenvalue weighted by molar-refractivity contribution is 7.71. The van der Waals surface area contributed by atoms with Gasteiger partial charge in [-0.3, -0.25) is 4.79 Å². The highest BCUT2D eigenvalue weighted by Crippen LogP contribution is 2.48. The first-order chi connectivity index (χ1) is 9.92. The Bertz CT molecular complexity index is 570. The van der Waals surface area contributed by atoms with Crippen LogP contribution in [0, 0.1) is 0 Å². The van der Waals surface area contributed by atoms with E-state index in [0.29, 0.717) is 15.6 Å². The number of nitrogens with zero attached hydrogens (tertiary/aromatic N) is 1. The van der Waals surface area contributed by atoms with Gasteiger partial charge in [-0.25, -0.2) is 9.99 Å². The Morgan fingerprint density at radius 3 is 2.48 bits per heavy atom. The molecule has 6 nitrogen and oxygen atoms in total. The van der Waals surface area contributed by atoms with Crippen LogP contribution in [0.1, 0.15) is 19.4 Å². The molecule has 21 heavy (non-hydrogen) atoms. The Kier molecular flexibility index (Phi) is 7.35. The smallest absolute Gasteiger partial charge is 0.302 e. The Hall–Kier alpha value is -0.910. The number of carbonyl (C=O) groups is 1. The Morgan fingerprint density at radius 1 is 1.33 bits per heavy atom. The summed E-state index contributed by atoms with van der Waals surface area (Å²) in [6.07, 6.45) is 1.30. The van der Waals surface area contributed by atoms with Crippen LogP contribution in [0.2, 0.25) is 10.0 Å². The molecule has 0 saturated heterocycles. The van der Waals surface area contributed by atoms with Crippen molar-refractivity contribution in [2.24, 2.45) is 5.10 Å². The molecule has 0 aliphatic carbocycles. The molecule has 0 aliphatic heterocycles. The SMILES string of the molecule is CCOP(=O)(OCC)C(=O)N/N=C/c1ccc(Cl)cc1Cl. The zero-order chi connectivity index (χ0) is 15.9. The monoisotopic (exact) mass is 352 g/mol. The molecule has 0 spiro atoms. The number of hydrogen-bond donors (Lipinski definition) is 1. The normalized spacial score (nSPS) is 11.8. The molecular weight excluding hydrogens is 338 g/mol. The molecule has 0 saturated carbocycles. The quantitative estimate of drug-likeness (QED) is 0.450. The average Bonchev–Trinajstić information content (AvgIpc) is 2.41. The number of benzene rings is 1. The molecule has 0 unspecified atom stereocenters. The zero-order valence-corrected chi connectivity index (χ0v) is 13.9. The summed E-state index contributed by atoms with van der Waals surface area (Å²) >= 11 is 11.7. The number of halogens is 2. The molecule has 116 valence electrons. The van der Waals surface area contributed by atoms with E-state index in [-0.39, 0.29) is 13.2 Å². The van der Waals surface area contributed by atoms with E-state index in [0.717, 1.165) is 0 Å². The molecule has 1 amide bonds.